The maximum Gasteiger partial charge on any atom is 0.224 e. The molecule has 1 aromatic heterocycles. The van der Waals surface area contributed by atoms with Crippen molar-refractivity contribution in [3.8, 4) is 0 Å². The number of benzene rings is 1. The Morgan fingerprint density at radius 3 is 2.63 bits per heavy atom. The van der Waals surface area contributed by atoms with Crippen molar-refractivity contribution in [1.29, 1.82) is 0 Å². The first kappa shape index (κ1) is 19.5. The lowest BCUT2D eigenvalue weighted by Crippen LogP contribution is -2.42. The summed E-state index contributed by atoms with van der Waals surface area (Å²) in [4.78, 5) is 26.3. The van der Waals surface area contributed by atoms with Gasteiger partial charge in [0, 0.05) is 50.8 Å². The molecule has 144 valence electrons. The summed E-state index contributed by atoms with van der Waals surface area (Å²) >= 11 is 0. The number of hydrogen-bond donors (Lipinski definition) is 0. The van der Waals surface area contributed by atoms with Crippen LogP contribution in [0, 0.1) is 0 Å². The van der Waals surface area contributed by atoms with Gasteiger partial charge in [0.15, 0.2) is 0 Å². The van der Waals surface area contributed by atoms with Gasteiger partial charge in [0.25, 0.3) is 0 Å². The quantitative estimate of drug-likeness (QED) is 0.784. The third-order valence-corrected chi connectivity index (χ3v) is 5.17. The molecule has 5 heteroatoms. The van der Waals surface area contributed by atoms with E-state index in [1.807, 2.05) is 30.5 Å². The number of hydrogen-bond acceptors (Lipinski definition) is 4. The lowest BCUT2D eigenvalue weighted by Gasteiger charge is -2.31. The molecule has 3 rings (SSSR count). The highest BCUT2D eigenvalue weighted by Gasteiger charge is 2.28. The van der Waals surface area contributed by atoms with Crippen molar-refractivity contribution in [1.82, 2.24) is 19.8 Å². The van der Waals surface area contributed by atoms with Crippen LogP contribution >= 0.6 is 0 Å². The number of aromatic nitrogens is 2. The van der Waals surface area contributed by atoms with Crippen LogP contribution in [0.3, 0.4) is 0 Å². The molecule has 1 aliphatic rings. The molecular formula is C22H30N4O. The number of rotatable bonds is 6. The molecule has 2 heterocycles. The second-order valence-electron chi connectivity index (χ2n) is 7.62. The van der Waals surface area contributed by atoms with E-state index in [9.17, 15) is 4.79 Å². The molecule has 27 heavy (non-hydrogen) atoms. The fourth-order valence-corrected chi connectivity index (χ4v) is 3.59. The standard InChI is InChI=1S/C22H30N4O/c1-4-20-16-25(15-19-10-12-23-22(24-19)17(2)3)13-11-21(27)26(20)14-18-8-6-5-7-9-18/h5-10,12,17,20H,4,11,13-16H2,1-3H3/t20-/m1/s1. The molecule has 5 nitrogen and oxygen atoms in total. The lowest BCUT2D eigenvalue weighted by molar-refractivity contribution is -0.133. The number of carbonyl (C=O) groups excluding carboxylic acids is 1. The predicted octanol–water partition coefficient (Wildman–Crippen LogP) is 3.61. The van der Waals surface area contributed by atoms with E-state index in [0.717, 1.165) is 37.6 Å². The van der Waals surface area contributed by atoms with Crippen LogP contribution in [0.4, 0.5) is 0 Å². The van der Waals surface area contributed by atoms with Gasteiger partial charge in [0.1, 0.15) is 5.82 Å². The van der Waals surface area contributed by atoms with E-state index in [4.69, 9.17) is 4.98 Å². The molecule has 1 saturated heterocycles. The van der Waals surface area contributed by atoms with Gasteiger partial charge in [0.05, 0.1) is 5.69 Å². The summed E-state index contributed by atoms with van der Waals surface area (Å²) in [5, 5.41) is 0. The van der Waals surface area contributed by atoms with Crippen molar-refractivity contribution < 1.29 is 4.79 Å². The zero-order valence-corrected chi connectivity index (χ0v) is 16.6. The maximum atomic E-state index is 12.8. The predicted molar refractivity (Wildman–Crippen MR) is 107 cm³/mol. The highest BCUT2D eigenvalue weighted by Crippen LogP contribution is 2.19. The SMILES string of the molecule is CC[C@@H]1CN(Cc2ccnc(C(C)C)n2)CCC(=O)N1Cc1ccccc1. The van der Waals surface area contributed by atoms with E-state index in [0.29, 0.717) is 18.9 Å². The molecule has 1 atom stereocenters. The van der Waals surface area contributed by atoms with Gasteiger partial charge < -0.3 is 4.90 Å². The Hall–Kier alpha value is -2.27. The Balaban J connectivity index is 1.71. The molecule has 1 aromatic carbocycles. The van der Waals surface area contributed by atoms with Crippen molar-refractivity contribution in [3.05, 3.63) is 59.7 Å². The average Bonchev–Trinajstić information content (AvgIpc) is 2.82. The molecule has 0 N–H and O–H groups in total. The van der Waals surface area contributed by atoms with Crippen LogP contribution in [0.2, 0.25) is 0 Å². The topological polar surface area (TPSA) is 49.3 Å². The van der Waals surface area contributed by atoms with Crippen LogP contribution in [0.1, 0.15) is 56.6 Å². The normalized spacial score (nSPS) is 18.7. The number of carbonyl (C=O) groups is 1. The summed E-state index contributed by atoms with van der Waals surface area (Å²) in [5.41, 5.74) is 2.22. The third kappa shape index (κ3) is 5.13. The Morgan fingerprint density at radius 1 is 1.15 bits per heavy atom. The zero-order chi connectivity index (χ0) is 19.2. The van der Waals surface area contributed by atoms with Crippen molar-refractivity contribution in [3.63, 3.8) is 0 Å². The molecule has 2 aromatic rings. The first-order valence-electron chi connectivity index (χ1n) is 9.94. The van der Waals surface area contributed by atoms with Gasteiger partial charge in [-0.1, -0.05) is 51.1 Å². The van der Waals surface area contributed by atoms with E-state index in [1.54, 1.807) is 0 Å². The Labute approximate surface area is 162 Å². The summed E-state index contributed by atoms with van der Waals surface area (Å²) in [6.07, 6.45) is 3.36. The van der Waals surface area contributed by atoms with Gasteiger partial charge >= 0.3 is 0 Å². The van der Waals surface area contributed by atoms with Crippen LogP contribution < -0.4 is 0 Å². The lowest BCUT2D eigenvalue weighted by atomic mass is 10.1. The molecule has 0 aliphatic carbocycles. The van der Waals surface area contributed by atoms with Crippen LogP contribution in [0.25, 0.3) is 0 Å². The van der Waals surface area contributed by atoms with Crippen molar-refractivity contribution in [2.45, 2.75) is 58.7 Å². The Morgan fingerprint density at radius 2 is 1.93 bits per heavy atom. The van der Waals surface area contributed by atoms with Gasteiger partial charge in [-0.3, -0.25) is 9.69 Å². The Kier molecular flexibility index (Phi) is 6.56. The molecule has 0 spiro atoms. The summed E-state index contributed by atoms with van der Waals surface area (Å²) in [6, 6.07) is 12.5. The minimum Gasteiger partial charge on any atom is -0.334 e. The summed E-state index contributed by atoms with van der Waals surface area (Å²) in [6.45, 7) is 9.51. The fourth-order valence-electron chi connectivity index (χ4n) is 3.59. The summed E-state index contributed by atoms with van der Waals surface area (Å²) in [7, 11) is 0. The van der Waals surface area contributed by atoms with E-state index in [-0.39, 0.29) is 11.9 Å². The molecule has 1 aliphatic heterocycles. The monoisotopic (exact) mass is 366 g/mol. The minimum absolute atomic E-state index is 0.228. The molecule has 0 radical (unpaired) electrons. The minimum atomic E-state index is 0.228. The van der Waals surface area contributed by atoms with Crippen molar-refractivity contribution in [2.24, 2.45) is 0 Å². The highest BCUT2D eigenvalue weighted by molar-refractivity contribution is 5.77. The van der Waals surface area contributed by atoms with Crippen LogP contribution in [-0.2, 0) is 17.9 Å². The molecule has 0 unspecified atom stereocenters. The second kappa shape index (κ2) is 9.09. The molecule has 1 amide bonds. The molecular weight excluding hydrogens is 336 g/mol. The highest BCUT2D eigenvalue weighted by atomic mass is 16.2. The average molecular weight is 367 g/mol. The van der Waals surface area contributed by atoms with E-state index < -0.39 is 0 Å². The van der Waals surface area contributed by atoms with Crippen LogP contribution in [0.5, 0.6) is 0 Å². The molecule has 0 saturated carbocycles. The third-order valence-electron chi connectivity index (χ3n) is 5.17. The van der Waals surface area contributed by atoms with Gasteiger partial charge in [-0.2, -0.15) is 0 Å². The first-order chi connectivity index (χ1) is 13.1. The number of amides is 1. The maximum absolute atomic E-state index is 12.8. The smallest absolute Gasteiger partial charge is 0.224 e. The van der Waals surface area contributed by atoms with E-state index >= 15 is 0 Å². The molecule has 1 fully saturated rings. The fraction of sp³-hybridized carbons (Fsp3) is 0.500. The van der Waals surface area contributed by atoms with Crippen LogP contribution in [0.15, 0.2) is 42.6 Å². The van der Waals surface area contributed by atoms with E-state index in [2.05, 4.69) is 47.7 Å². The van der Waals surface area contributed by atoms with Gasteiger partial charge in [-0.25, -0.2) is 9.97 Å². The van der Waals surface area contributed by atoms with Gasteiger partial charge in [-0.15, -0.1) is 0 Å². The largest absolute Gasteiger partial charge is 0.334 e. The van der Waals surface area contributed by atoms with Crippen molar-refractivity contribution >= 4 is 5.91 Å². The first-order valence-corrected chi connectivity index (χ1v) is 9.94. The van der Waals surface area contributed by atoms with Crippen LogP contribution in [-0.4, -0.2) is 44.8 Å². The number of nitrogens with zero attached hydrogens (tertiary/aromatic N) is 4. The second-order valence-corrected chi connectivity index (χ2v) is 7.62. The van der Waals surface area contributed by atoms with E-state index in [1.165, 1.54) is 5.56 Å². The zero-order valence-electron chi connectivity index (χ0n) is 16.6. The van der Waals surface area contributed by atoms with Gasteiger partial charge in [-0.05, 0) is 18.1 Å². The Bertz CT molecular complexity index is 747. The van der Waals surface area contributed by atoms with Crippen molar-refractivity contribution in [2.75, 3.05) is 13.1 Å². The summed E-state index contributed by atoms with van der Waals surface area (Å²) in [5.74, 6) is 1.45. The van der Waals surface area contributed by atoms with Gasteiger partial charge in [0.2, 0.25) is 5.91 Å². The molecule has 0 bridgehead atoms. The summed E-state index contributed by atoms with van der Waals surface area (Å²) < 4.78 is 0.